The van der Waals surface area contributed by atoms with Crippen molar-refractivity contribution in [2.24, 2.45) is 5.92 Å². The normalized spacial score (nSPS) is 22.1. The number of nitrogens with one attached hydrogen (secondary N) is 1. The van der Waals surface area contributed by atoms with Gasteiger partial charge in [-0.15, -0.1) is 0 Å². The van der Waals surface area contributed by atoms with Crippen LogP contribution in [-0.4, -0.2) is 33.7 Å². The zero-order chi connectivity index (χ0) is 22.1. The summed E-state index contributed by atoms with van der Waals surface area (Å²) in [5, 5.41) is 3.42. The molecule has 2 aliphatic rings. The molecule has 1 N–H and O–H groups in total. The number of allylic oxidation sites excluding steroid dienone is 4. The van der Waals surface area contributed by atoms with Gasteiger partial charge in [-0.2, -0.15) is 4.98 Å². The van der Waals surface area contributed by atoms with E-state index >= 15 is 0 Å². The Labute approximate surface area is 181 Å². The summed E-state index contributed by atoms with van der Waals surface area (Å²) in [6.07, 6.45) is 14.9. The highest BCUT2D eigenvalue weighted by molar-refractivity contribution is 5.90. The van der Waals surface area contributed by atoms with Crippen molar-refractivity contribution in [1.29, 1.82) is 0 Å². The first-order valence-electron chi connectivity index (χ1n) is 10.8. The van der Waals surface area contributed by atoms with Crippen molar-refractivity contribution in [3.05, 3.63) is 49.7 Å². The van der Waals surface area contributed by atoms with Gasteiger partial charge in [0.2, 0.25) is 5.95 Å². The van der Waals surface area contributed by atoms with Gasteiger partial charge in [0, 0.05) is 12.2 Å². The van der Waals surface area contributed by atoms with Crippen molar-refractivity contribution in [3.63, 3.8) is 0 Å². The molecule has 0 bridgehead atoms. The van der Waals surface area contributed by atoms with Gasteiger partial charge in [-0.25, -0.2) is 9.78 Å². The Morgan fingerprint density at radius 3 is 2.40 bits per heavy atom. The molecule has 6 heteroatoms. The second-order valence-corrected chi connectivity index (χ2v) is 8.44. The number of aromatic nitrogens is 2. The third-order valence-electron chi connectivity index (χ3n) is 5.93. The second kappa shape index (κ2) is 11.0. The van der Waals surface area contributed by atoms with Gasteiger partial charge in [-0.1, -0.05) is 56.7 Å². The Hall–Kier alpha value is -2.63. The maximum Gasteiger partial charge on any atom is 0.416 e. The quantitative estimate of drug-likeness (QED) is 0.590. The van der Waals surface area contributed by atoms with Gasteiger partial charge in [0.15, 0.2) is 0 Å². The molecule has 30 heavy (non-hydrogen) atoms. The van der Waals surface area contributed by atoms with E-state index in [2.05, 4.69) is 35.4 Å². The summed E-state index contributed by atoms with van der Waals surface area (Å²) in [4.78, 5) is 22.7. The highest BCUT2D eigenvalue weighted by atomic mass is 16.6. The van der Waals surface area contributed by atoms with Crippen LogP contribution in [0.15, 0.2) is 49.7 Å². The van der Waals surface area contributed by atoms with E-state index in [0.717, 1.165) is 0 Å². The zero-order valence-corrected chi connectivity index (χ0v) is 18.8. The Balaban J connectivity index is 0.000000469. The molecule has 2 atom stereocenters. The van der Waals surface area contributed by atoms with Crippen molar-refractivity contribution in [2.45, 2.75) is 77.5 Å². The summed E-state index contributed by atoms with van der Waals surface area (Å²) in [5.74, 6) is 1.84. The molecule has 1 unspecified atom stereocenters. The molecule has 0 spiro atoms. The van der Waals surface area contributed by atoms with E-state index in [1.54, 1.807) is 29.3 Å². The monoisotopic (exact) mass is 412 g/mol. The minimum absolute atomic E-state index is 0.0801. The smallest absolute Gasteiger partial charge is 0.416 e. The summed E-state index contributed by atoms with van der Waals surface area (Å²) in [5.41, 5.74) is -0.523. The summed E-state index contributed by atoms with van der Waals surface area (Å²) < 4.78 is 5.45. The molecular formula is C24H36N4O2. The molecule has 0 aromatic carbocycles. The van der Waals surface area contributed by atoms with Gasteiger partial charge < -0.3 is 10.1 Å². The third-order valence-corrected chi connectivity index (χ3v) is 5.93. The van der Waals surface area contributed by atoms with Crippen LogP contribution in [0.5, 0.6) is 0 Å². The minimum atomic E-state index is -0.523. The second-order valence-electron chi connectivity index (χ2n) is 8.44. The molecule has 1 aliphatic carbocycles. The predicted octanol–water partition coefficient (Wildman–Crippen LogP) is 5.90. The van der Waals surface area contributed by atoms with Crippen LogP contribution < -0.4 is 10.2 Å². The average Bonchev–Trinajstić information content (AvgIpc) is 2.94. The van der Waals surface area contributed by atoms with Crippen molar-refractivity contribution in [3.8, 4) is 0 Å². The molecule has 1 saturated heterocycles. The fourth-order valence-corrected chi connectivity index (χ4v) is 3.79. The summed E-state index contributed by atoms with van der Waals surface area (Å²) in [6, 6.07) is 2.01. The number of nitrogens with zero attached hydrogens (tertiary/aromatic N) is 3. The van der Waals surface area contributed by atoms with Crippen LogP contribution in [0.4, 0.5) is 16.6 Å². The lowest BCUT2D eigenvalue weighted by molar-refractivity contribution is 0.0718. The van der Waals surface area contributed by atoms with E-state index in [4.69, 9.17) is 4.74 Å². The lowest BCUT2D eigenvalue weighted by Crippen LogP contribution is -2.39. The zero-order valence-electron chi connectivity index (χ0n) is 18.8. The van der Waals surface area contributed by atoms with Crippen LogP contribution >= 0.6 is 0 Å². The topological polar surface area (TPSA) is 67.4 Å². The molecule has 6 nitrogen and oxygen atoms in total. The van der Waals surface area contributed by atoms with Crippen molar-refractivity contribution < 1.29 is 9.53 Å². The number of hydrogen-bond acceptors (Lipinski definition) is 5. The molecule has 2 fully saturated rings. The average molecular weight is 413 g/mol. The maximum atomic E-state index is 12.2. The fourth-order valence-electron chi connectivity index (χ4n) is 3.79. The van der Waals surface area contributed by atoms with Gasteiger partial charge >= 0.3 is 6.09 Å². The predicted molar refractivity (Wildman–Crippen MR) is 124 cm³/mol. The van der Waals surface area contributed by atoms with E-state index in [9.17, 15) is 4.79 Å². The third kappa shape index (κ3) is 6.18. The highest BCUT2D eigenvalue weighted by Gasteiger charge is 2.46. The van der Waals surface area contributed by atoms with Crippen molar-refractivity contribution in [1.82, 2.24) is 9.97 Å². The van der Waals surface area contributed by atoms with E-state index < -0.39 is 5.60 Å². The summed E-state index contributed by atoms with van der Waals surface area (Å²) >= 11 is 0. The number of cyclic esters (lactones) is 1. The maximum absolute atomic E-state index is 12.2. The van der Waals surface area contributed by atoms with Crippen LogP contribution in [0.1, 0.15) is 59.8 Å². The molecule has 1 saturated carbocycles. The van der Waals surface area contributed by atoms with Crippen LogP contribution in [-0.2, 0) is 4.74 Å². The van der Waals surface area contributed by atoms with Crippen LogP contribution in [0.3, 0.4) is 0 Å². The molecule has 1 amide bonds. The molecule has 0 radical (unpaired) electrons. The Morgan fingerprint density at radius 2 is 1.87 bits per heavy atom. The van der Waals surface area contributed by atoms with E-state index in [-0.39, 0.29) is 12.1 Å². The lowest BCUT2D eigenvalue weighted by Gasteiger charge is -2.28. The molecule has 3 rings (SSSR count). The van der Waals surface area contributed by atoms with Crippen molar-refractivity contribution in [2.75, 3.05) is 10.2 Å². The largest absolute Gasteiger partial charge is 0.441 e. The van der Waals surface area contributed by atoms with Gasteiger partial charge in [-0.05, 0) is 52.5 Å². The molecule has 164 valence electrons. The fraction of sp³-hybridized carbons (Fsp3) is 0.542. The Bertz CT molecular complexity index is 743. The minimum Gasteiger partial charge on any atom is -0.441 e. The van der Waals surface area contributed by atoms with E-state index in [1.165, 1.54) is 32.1 Å². The molecule has 1 aromatic heterocycles. The molecule has 2 heterocycles. The van der Waals surface area contributed by atoms with Crippen LogP contribution in [0.25, 0.3) is 0 Å². The Kier molecular flexibility index (Phi) is 8.63. The first kappa shape index (κ1) is 23.6. The van der Waals surface area contributed by atoms with E-state index in [0.29, 0.717) is 23.7 Å². The highest BCUT2D eigenvalue weighted by Crippen LogP contribution is 2.33. The standard InChI is InChI=1S/C18H28N4O2.C6H8/c1-12(14-8-6-5-7-9-14)20-16-19-11-10-15(21-16)22-13(2)18(3,4)24-17(22)23;1-3-5-6-4-2/h10-14H,5-9H2,1-4H3,(H,19,20,21);3-6H,1-2H2/b;6-5-/t12-,13?;/m0./s1. The van der Waals surface area contributed by atoms with Gasteiger partial charge in [-0.3, -0.25) is 4.90 Å². The summed E-state index contributed by atoms with van der Waals surface area (Å²) in [6.45, 7) is 14.9. The van der Waals surface area contributed by atoms with Gasteiger partial charge in [0.05, 0.1) is 6.04 Å². The van der Waals surface area contributed by atoms with Crippen LogP contribution in [0, 0.1) is 5.92 Å². The number of rotatable bonds is 6. The van der Waals surface area contributed by atoms with Gasteiger partial charge in [0.25, 0.3) is 0 Å². The number of amides is 1. The Morgan fingerprint density at radius 1 is 1.23 bits per heavy atom. The molecular weight excluding hydrogens is 376 g/mol. The number of anilines is 2. The molecule has 1 aliphatic heterocycles. The lowest BCUT2D eigenvalue weighted by atomic mass is 9.85. The number of carbonyl (C=O) groups is 1. The van der Waals surface area contributed by atoms with Crippen LogP contribution in [0.2, 0.25) is 0 Å². The first-order valence-corrected chi connectivity index (χ1v) is 10.8. The van der Waals surface area contributed by atoms with Gasteiger partial charge in [0.1, 0.15) is 11.4 Å². The number of hydrogen-bond donors (Lipinski definition) is 1. The number of carbonyl (C=O) groups excluding carboxylic acids is 1. The molecule has 1 aromatic rings. The SMILES string of the molecule is C=C/C=C\C=C.CC1N(c2ccnc(N[C@@H](C)C3CCCCC3)n2)C(=O)OC1(C)C. The summed E-state index contributed by atoms with van der Waals surface area (Å²) in [7, 11) is 0. The first-order chi connectivity index (χ1) is 14.3. The van der Waals surface area contributed by atoms with E-state index in [1.807, 2.05) is 32.9 Å². The number of ether oxygens (including phenoxy) is 1. The van der Waals surface area contributed by atoms with Crippen molar-refractivity contribution >= 4 is 17.9 Å².